The molecule has 3 nitrogen and oxygen atoms in total. The molecule has 0 N–H and O–H groups in total. The van der Waals surface area contributed by atoms with E-state index in [1.165, 1.54) is 0 Å². The van der Waals surface area contributed by atoms with Gasteiger partial charge in [0.05, 0.1) is 0 Å². The maximum atomic E-state index is 8.77. The van der Waals surface area contributed by atoms with Crippen LogP contribution in [0.3, 0.4) is 0 Å². The third-order valence-electron chi connectivity index (χ3n) is 2.20. The molecule has 0 unspecified atom stereocenters. The molecule has 0 aliphatic carbocycles. The van der Waals surface area contributed by atoms with Crippen LogP contribution < -0.4 is 0 Å². The van der Waals surface area contributed by atoms with Gasteiger partial charge >= 0.3 is 110 Å². The summed E-state index contributed by atoms with van der Waals surface area (Å²) >= 11 is 5.89. The quantitative estimate of drug-likeness (QED) is 0.591. The van der Waals surface area contributed by atoms with Crippen LogP contribution in [0.5, 0.6) is 0 Å². The Hall–Kier alpha value is -1.58. The molecule has 2 rings (SSSR count). The summed E-state index contributed by atoms with van der Waals surface area (Å²) in [6.45, 7) is 0. The van der Waals surface area contributed by atoms with Crippen LogP contribution >= 0.6 is 11.6 Å². The Morgan fingerprint density at radius 2 is 1.88 bits per heavy atom. The van der Waals surface area contributed by atoms with E-state index in [4.69, 9.17) is 22.1 Å². The number of benzene rings is 1. The van der Waals surface area contributed by atoms with Crippen molar-refractivity contribution >= 4 is 32.3 Å². The van der Waals surface area contributed by atoms with E-state index in [0.29, 0.717) is 9.62 Å². The van der Waals surface area contributed by atoms with E-state index in [-0.39, 0.29) is 20.5 Å². The second kappa shape index (κ2) is 5.17. The van der Waals surface area contributed by atoms with E-state index >= 15 is 0 Å². The summed E-state index contributed by atoms with van der Waals surface area (Å²) in [5.74, 6) is 0. The Kier molecular flexibility index (Phi) is 3.61. The third-order valence-corrected chi connectivity index (χ3v) is 4.52. The molecular weight excluding hydrogens is 301 g/mol. The Morgan fingerprint density at radius 3 is 2.47 bits per heavy atom. The van der Waals surface area contributed by atoms with Crippen molar-refractivity contribution in [1.82, 2.24) is 0 Å². The molecule has 1 aliphatic heterocycles. The Morgan fingerprint density at radius 1 is 1.24 bits per heavy atom. The van der Waals surface area contributed by atoms with Crippen molar-refractivity contribution in [1.29, 1.82) is 10.5 Å². The number of halogens is 1. The van der Waals surface area contributed by atoms with Crippen LogP contribution in [-0.2, 0) is 0 Å². The van der Waals surface area contributed by atoms with Crippen molar-refractivity contribution in [2.24, 2.45) is 4.99 Å². The minimum absolute atomic E-state index is 0.0791. The van der Waals surface area contributed by atoms with Gasteiger partial charge in [0.2, 0.25) is 0 Å². The van der Waals surface area contributed by atoms with Gasteiger partial charge in [0.15, 0.2) is 0 Å². The predicted octanol–water partition coefficient (Wildman–Crippen LogP) is 2.52. The van der Waals surface area contributed by atoms with Crippen LogP contribution in [0.25, 0.3) is 0 Å². The summed E-state index contributed by atoms with van der Waals surface area (Å²) < 4.78 is 0.646. The number of aliphatic imine (C=N–C) groups is 1. The summed E-state index contributed by atoms with van der Waals surface area (Å²) in [5, 5.41) is 19.0. The monoisotopic (exact) mass is 307 g/mol. The first-order valence-electron chi connectivity index (χ1n) is 4.75. The van der Waals surface area contributed by atoms with Crippen LogP contribution in [-0.4, -0.2) is 20.7 Å². The average molecular weight is 307 g/mol. The summed E-state index contributed by atoms with van der Waals surface area (Å²) in [6, 6.07) is 11.2. The molecule has 1 aliphatic rings. The molecule has 0 amide bonds. The van der Waals surface area contributed by atoms with Crippen molar-refractivity contribution in [2.75, 3.05) is 0 Å². The summed E-state index contributed by atoms with van der Waals surface area (Å²) in [5.41, 5.74) is 2.06. The molecule has 0 atom stereocenters. The molecule has 0 saturated heterocycles. The average Bonchev–Trinajstić information content (AvgIpc) is 2.81. The van der Waals surface area contributed by atoms with Crippen LogP contribution in [0.15, 0.2) is 39.4 Å². The SMILES string of the molecule is N#CC(C#N)=C1N=C(c2ccc(Cl)cc2)C[Se]1. The standard InChI is InChI=1S/C12H6ClN3Se/c13-10-3-1-8(2-4-10)11-7-17-12(16-11)9(5-14)6-15/h1-4H,7H2. The molecule has 5 heteroatoms. The van der Waals surface area contributed by atoms with Crippen LogP contribution in [0.4, 0.5) is 0 Å². The molecule has 17 heavy (non-hydrogen) atoms. The fraction of sp³-hybridized carbons (Fsp3) is 0.0833. The van der Waals surface area contributed by atoms with Gasteiger partial charge in [0.1, 0.15) is 0 Å². The molecule has 0 bridgehead atoms. The second-order valence-corrected chi connectivity index (χ2v) is 5.72. The number of hydrogen-bond donors (Lipinski definition) is 0. The van der Waals surface area contributed by atoms with Crippen molar-refractivity contribution in [3.05, 3.63) is 45.0 Å². The van der Waals surface area contributed by atoms with Crippen LogP contribution in [0.1, 0.15) is 5.56 Å². The summed E-state index contributed by atoms with van der Waals surface area (Å²) in [4.78, 5) is 4.37. The van der Waals surface area contributed by atoms with E-state index < -0.39 is 0 Å². The van der Waals surface area contributed by atoms with Crippen molar-refractivity contribution in [3.63, 3.8) is 0 Å². The molecule has 82 valence electrons. The minimum atomic E-state index is 0.0791. The van der Waals surface area contributed by atoms with Gasteiger partial charge in [-0.05, 0) is 0 Å². The molecule has 0 radical (unpaired) electrons. The number of hydrogen-bond acceptors (Lipinski definition) is 3. The fourth-order valence-electron chi connectivity index (χ4n) is 1.36. The van der Waals surface area contributed by atoms with Gasteiger partial charge in [0, 0.05) is 0 Å². The zero-order valence-corrected chi connectivity index (χ0v) is 11.1. The molecular formula is C12H6ClN3Se. The Balaban J connectivity index is 2.36. The van der Waals surface area contributed by atoms with Gasteiger partial charge in [-0.1, -0.05) is 0 Å². The van der Waals surface area contributed by atoms with Crippen molar-refractivity contribution < 1.29 is 0 Å². The molecule has 0 fully saturated rings. The first-order chi connectivity index (χ1) is 8.24. The third kappa shape index (κ3) is 2.57. The topological polar surface area (TPSA) is 59.9 Å². The van der Waals surface area contributed by atoms with Gasteiger partial charge in [-0.15, -0.1) is 0 Å². The van der Waals surface area contributed by atoms with Gasteiger partial charge in [-0.3, -0.25) is 0 Å². The molecule has 1 aromatic rings. The Labute approximate surface area is 110 Å². The molecule has 1 aromatic carbocycles. The normalized spacial score (nSPS) is 13.8. The Bertz CT molecular complexity index is 572. The first kappa shape index (κ1) is 11.9. The second-order valence-electron chi connectivity index (χ2n) is 3.26. The van der Waals surface area contributed by atoms with Gasteiger partial charge in [0.25, 0.3) is 0 Å². The van der Waals surface area contributed by atoms with Gasteiger partial charge < -0.3 is 0 Å². The van der Waals surface area contributed by atoms with Gasteiger partial charge in [-0.2, -0.15) is 0 Å². The number of rotatable bonds is 1. The fourth-order valence-corrected chi connectivity index (χ4v) is 3.41. The van der Waals surface area contributed by atoms with E-state index in [1.807, 2.05) is 36.4 Å². The molecule has 0 spiro atoms. The summed E-state index contributed by atoms with van der Waals surface area (Å²) in [7, 11) is 0. The maximum absolute atomic E-state index is 8.77. The number of nitriles is 2. The summed E-state index contributed by atoms with van der Waals surface area (Å²) in [6.07, 6.45) is 0. The van der Waals surface area contributed by atoms with Crippen LogP contribution in [0, 0.1) is 22.7 Å². The predicted molar refractivity (Wildman–Crippen MR) is 66.8 cm³/mol. The van der Waals surface area contributed by atoms with E-state index in [1.54, 1.807) is 0 Å². The molecule has 0 saturated carbocycles. The van der Waals surface area contributed by atoms with Gasteiger partial charge in [-0.25, -0.2) is 0 Å². The number of allylic oxidation sites excluding steroid dienone is 1. The van der Waals surface area contributed by atoms with E-state index in [0.717, 1.165) is 16.6 Å². The zero-order chi connectivity index (χ0) is 12.3. The van der Waals surface area contributed by atoms with E-state index in [9.17, 15) is 0 Å². The van der Waals surface area contributed by atoms with Crippen LogP contribution in [0.2, 0.25) is 10.3 Å². The molecule has 1 heterocycles. The van der Waals surface area contributed by atoms with E-state index in [2.05, 4.69) is 4.99 Å². The van der Waals surface area contributed by atoms with Crippen molar-refractivity contribution in [3.8, 4) is 12.1 Å². The zero-order valence-electron chi connectivity index (χ0n) is 8.64. The van der Waals surface area contributed by atoms with Crippen molar-refractivity contribution in [2.45, 2.75) is 5.32 Å². The number of nitrogens with zero attached hydrogens (tertiary/aromatic N) is 3. The first-order valence-corrected chi connectivity index (χ1v) is 7.20. The molecule has 0 aromatic heterocycles.